The van der Waals surface area contributed by atoms with Gasteiger partial charge in [-0.05, 0) is 24.6 Å². The highest BCUT2D eigenvalue weighted by Crippen LogP contribution is 2.33. The van der Waals surface area contributed by atoms with E-state index in [1.165, 1.54) is 10.9 Å². The highest BCUT2D eigenvalue weighted by atomic mass is 16.6. The van der Waals surface area contributed by atoms with Gasteiger partial charge in [0.05, 0.1) is 12.9 Å². The van der Waals surface area contributed by atoms with Crippen molar-refractivity contribution in [3.05, 3.63) is 36.2 Å². The first kappa shape index (κ1) is 19.3. The number of nitrogen functional groups attached to an aromatic ring is 2. The molecule has 0 bridgehead atoms. The summed E-state index contributed by atoms with van der Waals surface area (Å²) in [7, 11) is 0. The van der Waals surface area contributed by atoms with Crippen LogP contribution < -0.4 is 16.2 Å². The minimum atomic E-state index is -1.28. The lowest BCUT2D eigenvalue weighted by atomic mass is 10.1. The van der Waals surface area contributed by atoms with Gasteiger partial charge in [-0.2, -0.15) is 9.97 Å². The first-order chi connectivity index (χ1) is 13.9. The van der Waals surface area contributed by atoms with Crippen LogP contribution in [0.15, 0.2) is 30.6 Å². The Balaban J connectivity index is 1.66. The Morgan fingerprint density at radius 2 is 1.90 bits per heavy atom. The van der Waals surface area contributed by atoms with Crippen molar-refractivity contribution in [1.29, 1.82) is 0 Å². The van der Waals surface area contributed by atoms with Crippen LogP contribution in [-0.4, -0.2) is 59.8 Å². The molecule has 0 amide bonds. The smallest absolute Gasteiger partial charge is 0.321 e. The molecule has 1 unspecified atom stereocenters. The number of benzene rings is 1. The van der Waals surface area contributed by atoms with Crippen LogP contribution >= 0.6 is 0 Å². The Labute approximate surface area is 165 Å². The van der Waals surface area contributed by atoms with E-state index < -0.39 is 31.1 Å². The predicted octanol–water partition coefficient (Wildman–Crippen LogP) is -0.258. The summed E-state index contributed by atoms with van der Waals surface area (Å²) in [5, 5.41) is 29.6. The Hall–Kier alpha value is -2.99. The lowest BCUT2D eigenvalue weighted by Gasteiger charge is -2.17. The number of ether oxygens (including phenoxy) is 2. The largest absolute Gasteiger partial charge is 0.455 e. The second-order valence-electron chi connectivity index (χ2n) is 6.87. The van der Waals surface area contributed by atoms with E-state index in [0.29, 0.717) is 11.2 Å². The fraction of sp³-hybridized carbons (Fsp3) is 0.389. The summed E-state index contributed by atoms with van der Waals surface area (Å²) in [4.78, 5) is 12.7. The quantitative estimate of drug-likeness (QED) is 0.358. The summed E-state index contributed by atoms with van der Waals surface area (Å²) < 4.78 is 12.8. The van der Waals surface area contributed by atoms with Gasteiger partial charge in [0, 0.05) is 5.69 Å². The molecule has 2 aromatic heterocycles. The number of rotatable bonds is 5. The zero-order chi connectivity index (χ0) is 20.7. The molecule has 11 heteroatoms. The molecule has 0 spiro atoms. The molecule has 1 aliphatic heterocycles. The number of anilines is 2. The first-order valence-corrected chi connectivity index (χ1v) is 9.03. The molecule has 0 saturated carbocycles. The number of aliphatic hydroxyl groups is 3. The van der Waals surface area contributed by atoms with Gasteiger partial charge < -0.3 is 36.3 Å². The molecule has 5 atom stereocenters. The number of aromatic nitrogens is 4. The number of fused-ring (bicyclic) bond motifs is 1. The van der Waals surface area contributed by atoms with Crippen LogP contribution in [0.4, 0.5) is 11.5 Å². The third-order valence-corrected chi connectivity index (χ3v) is 4.91. The van der Waals surface area contributed by atoms with Crippen LogP contribution in [0.1, 0.15) is 24.8 Å². The van der Waals surface area contributed by atoms with Crippen molar-refractivity contribution >= 4 is 22.7 Å². The predicted molar refractivity (Wildman–Crippen MR) is 103 cm³/mol. The minimum Gasteiger partial charge on any atom is -0.455 e. The molecular formula is C18H22N6O5. The zero-order valence-electron chi connectivity index (χ0n) is 15.6. The highest BCUT2D eigenvalue weighted by Gasteiger charge is 2.44. The Bertz CT molecular complexity index is 1010. The second-order valence-corrected chi connectivity index (χ2v) is 6.87. The van der Waals surface area contributed by atoms with Gasteiger partial charge in [-0.1, -0.05) is 12.1 Å². The van der Waals surface area contributed by atoms with Gasteiger partial charge in [0.2, 0.25) is 0 Å². The summed E-state index contributed by atoms with van der Waals surface area (Å²) in [5.41, 5.74) is 13.8. The number of aliphatic hydroxyl groups excluding tert-OH is 3. The van der Waals surface area contributed by atoms with Crippen LogP contribution in [0, 0.1) is 0 Å². The third-order valence-electron chi connectivity index (χ3n) is 4.91. The maximum Gasteiger partial charge on any atom is 0.321 e. The van der Waals surface area contributed by atoms with E-state index in [1.54, 1.807) is 12.1 Å². The van der Waals surface area contributed by atoms with Gasteiger partial charge in [-0.15, -0.1) is 0 Å². The summed E-state index contributed by atoms with van der Waals surface area (Å²) in [6.07, 6.45) is -3.44. The number of nitrogens with zero attached hydrogens (tertiary/aromatic N) is 4. The molecule has 1 aromatic carbocycles. The number of hydrogen-bond acceptors (Lipinski definition) is 10. The van der Waals surface area contributed by atoms with Crippen molar-refractivity contribution in [2.75, 3.05) is 18.1 Å². The monoisotopic (exact) mass is 402 g/mol. The molecule has 154 valence electrons. The minimum absolute atomic E-state index is 0.0211. The van der Waals surface area contributed by atoms with E-state index in [-0.39, 0.29) is 23.6 Å². The molecule has 0 aliphatic carbocycles. The van der Waals surface area contributed by atoms with Gasteiger partial charge in [-0.3, -0.25) is 4.57 Å². The highest BCUT2D eigenvalue weighted by molar-refractivity contribution is 5.82. The molecular weight excluding hydrogens is 380 g/mol. The molecule has 7 N–H and O–H groups in total. The van der Waals surface area contributed by atoms with Crippen LogP contribution in [0.2, 0.25) is 0 Å². The summed E-state index contributed by atoms with van der Waals surface area (Å²) in [5.74, 6) is 0.0972. The van der Waals surface area contributed by atoms with E-state index in [9.17, 15) is 15.3 Å². The van der Waals surface area contributed by atoms with Gasteiger partial charge in [0.25, 0.3) is 0 Å². The zero-order valence-corrected chi connectivity index (χ0v) is 15.6. The maximum atomic E-state index is 10.3. The van der Waals surface area contributed by atoms with Crippen LogP contribution in [-0.2, 0) is 4.74 Å². The lowest BCUT2D eigenvalue weighted by molar-refractivity contribution is -0.0511. The average Bonchev–Trinajstić information content (AvgIpc) is 3.24. The Morgan fingerprint density at radius 1 is 1.17 bits per heavy atom. The number of hydrogen-bond donors (Lipinski definition) is 5. The van der Waals surface area contributed by atoms with Crippen molar-refractivity contribution in [2.24, 2.45) is 0 Å². The summed E-state index contributed by atoms with van der Waals surface area (Å²) in [6, 6.07) is 7.23. The number of nitrogens with two attached hydrogens (primary N) is 2. The molecule has 1 aliphatic rings. The lowest BCUT2D eigenvalue weighted by Crippen LogP contribution is -2.33. The molecule has 4 rings (SSSR count). The topological polar surface area (TPSA) is 175 Å². The van der Waals surface area contributed by atoms with Crippen LogP contribution in [0.5, 0.6) is 6.01 Å². The standard InChI is InChI=1S/C18H22N6O5/c1-8(9-2-4-10(19)5-3-9)28-18-22-15(20)12-16(23-18)24(7-21-12)17-14(27)13(26)11(6-25)29-17/h2-5,7-8,11,13-14,17,25-27H,6,19H2,1H3,(H2,20,22,23)/t8?,11-,13-,14-,17-/m1/s1. The number of imidazole rings is 1. The van der Waals surface area contributed by atoms with Gasteiger partial charge >= 0.3 is 6.01 Å². The van der Waals surface area contributed by atoms with Crippen molar-refractivity contribution < 1.29 is 24.8 Å². The van der Waals surface area contributed by atoms with Gasteiger partial charge in [0.1, 0.15) is 24.4 Å². The fourth-order valence-corrected chi connectivity index (χ4v) is 3.26. The molecule has 3 aromatic rings. The third kappa shape index (κ3) is 3.44. The van der Waals surface area contributed by atoms with Crippen molar-refractivity contribution in [2.45, 2.75) is 37.6 Å². The van der Waals surface area contributed by atoms with Crippen molar-refractivity contribution in [1.82, 2.24) is 19.5 Å². The molecule has 1 saturated heterocycles. The van der Waals surface area contributed by atoms with Crippen LogP contribution in [0.25, 0.3) is 11.2 Å². The first-order valence-electron chi connectivity index (χ1n) is 9.03. The van der Waals surface area contributed by atoms with Crippen LogP contribution in [0.3, 0.4) is 0 Å². The second kappa shape index (κ2) is 7.44. The normalized spacial score (nSPS) is 25.4. The maximum absolute atomic E-state index is 10.3. The molecule has 29 heavy (non-hydrogen) atoms. The Kier molecular flexibility index (Phi) is 4.96. The average molecular weight is 402 g/mol. The van der Waals surface area contributed by atoms with Crippen molar-refractivity contribution in [3.8, 4) is 6.01 Å². The van der Waals surface area contributed by atoms with E-state index in [0.717, 1.165) is 5.56 Å². The summed E-state index contributed by atoms with van der Waals surface area (Å²) >= 11 is 0. The van der Waals surface area contributed by atoms with E-state index >= 15 is 0 Å². The SMILES string of the molecule is CC(Oc1nc(N)c2ncn([C@@H]3O[C@H](CO)[C@@H](O)[C@H]3O)c2n1)c1ccc(N)cc1. The molecule has 1 fully saturated rings. The van der Waals surface area contributed by atoms with E-state index in [2.05, 4.69) is 15.0 Å². The molecule has 11 nitrogen and oxygen atoms in total. The van der Waals surface area contributed by atoms with Crippen molar-refractivity contribution in [3.63, 3.8) is 0 Å². The Morgan fingerprint density at radius 3 is 2.55 bits per heavy atom. The van der Waals surface area contributed by atoms with Gasteiger partial charge in [-0.25, -0.2) is 4.98 Å². The van der Waals surface area contributed by atoms with E-state index in [4.69, 9.17) is 20.9 Å². The van der Waals surface area contributed by atoms with Gasteiger partial charge in [0.15, 0.2) is 23.2 Å². The fourth-order valence-electron chi connectivity index (χ4n) is 3.26. The summed E-state index contributed by atoms with van der Waals surface area (Å²) in [6.45, 7) is 1.39. The van der Waals surface area contributed by atoms with E-state index in [1.807, 2.05) is 19.1 Å². The molecule has 3 heterocycles. The molecule has 0 radical (unpaired) electrons.